The van der Waals surface area contributed by atoms with Gasteiger partial charge < -0.3 is 9.47 Å². The number of methoxy groups -OCH3 is 1. The second-order valence-electron chi connectivity index (χ2n) is 4.24. The van der Waals surface area contributed by atoms with E-state index in [-0.39, 0.29) is 5.78 Å². The molecule has 1 aromatic rings. The summed E-state index contributed by atoms with van der Waals surface area (Å²) in [6, 6.07) is 7.53. The van der Waals surface area contributed by atoms with Crippen LogP contribution < -0.4 is 4.74 Å². The lowest BCUT2D eigenvalue weighted by Gasteiger charge is -2.17. The van der Waals surface area contributed by atoms with Gasteiger partial charge in [-0.1, -0.05) is 26.0 Å². The Kier molecular flexibility index (Phi) is 6.44. The van der Waals surface area contributed by atoms with Crippen LogP contribution in [0.3, 0.4) is 0 Å². The van der Waals surface area contributed by atoms with E-state index in [9.17, 15) is 4.79 Å². The molecule has 1 rings (SSSR count). The first kappa shape index (κ1) is 14.7. The molecule has 0 bridgehead atoms. The highest BCUT2D eigenvalue weighted by atomic mass is 16.5. The van der Waals surface area contributed by atoms with Gasteiger partial charge in [0.2, 0.25) is 0 Å². The van der Waals surface area contributed by atoms with Crippen LogP contribution in [0.15, 0.2) is 24.3 Å². The standard InChI is InChI=1S/C15H22O3/c1-4-7-14(16)15(18-10-5-2)12-8-6-9-13(11-12)17-3/h6,8-9,11,15H,4-5,7,10H2,1-3H3. The first-order valence-corrected chi connectivity index (χ1v) is 6.51. The van der Waals surface area contributed by atoms with Crippen LogP contribution in [-0.2, 0) is 9.53 Å². The molecule has 0 fully saturated rings. The molecule has 0 spiro atoms. The first-order valence-electron chi connectivity index (χ1n) is 6.51. The van der Waals surface area contributed by atoms with Crippen molar-refractivity contribution < 1.29 is 14.3 Å². The molecule has 0 aromatic heterocycles. The SMILES string of the molecule is CCCOC(C(=O)CCC)c1cccc(OC)c1. The fourth-order valence-electron chi connectivity index (χ4n) is 1.79. The van der Waals surface area contributed by atoms with Gasteiger partial charge >= 0.3 is 0 Å². The Balaban J connectivity index is 2.89. The zero-order chi connectivity index (χ0) is 13.4. The largest absolute Gasteiger partial charge is 0.497 e. The van der Waals surface area contributed by atoms with Gasteiger partial charge in [0.15, 0.2) is 5.78 Å². The topological polar surface area (TPSA) is 35.5 Å². The van der Waals surface area contributed by atoms with Crippen molar-refractivity contribution in [1.82, 2.24) is 0 Å². The molecule has 0 heterocycles. The lowest BCUT2D eigenvalue weighted by molar-refractivity contribution is -0.131. The third-order valence-electron chi connectivity index (χ3n) is 2.67. The van der Waals surface area contributed by atoms with Crippen LogP contribution in [0.4, 0.5) is 0 Å². The Morgan fingerprint density at radius 1 is 1.28 bits per heavy atom. The maximum atomic E-state index is 12.1. The maximum absolute atomic E-state index is 12.1. The van der Waals surface area contributed by atoms with Gasteiger partial charge in [-0.2, -0.15) is 0 Å². The third-order valence-corrected chi connectivity index (χ3v) is 2.67. The van der Waals surface area contributed by atoms with Crippen LogP contribution in [0.2, 0.25) is 0 Å². The molecule has 3 nitrogen and oxygen atoms in total. The highest BCUT2D eigenvalue weighted by Crippen LogP contribution is 2.24. The summed E-state index contributed by atoms with van der Waals surface area (Å²) < 4.78 is 10.9. The fourth-order valence-corrected chi connectivity index (χ4v) is 1.79. The maximum Gasteiger partial charge on any atom is 0.166 e. The van der Waals surface area contributed by atoms with Gasteiger partial charge in [0, 0.05) is 13.0 Å². The van der Waals surface area contributed by atoms with Crippen molar-refractivity contribution in [2.45, 2.75) is 39.2 Å². The first-order chi connectivity index (χ1) is 8.72. The molecule has 100 valence electrons. The molecule has 0 saturated carbocycles. The van der Waals surface area contributed by atoms with E-state index in [0.717, 1.165) is 24.2 Å². The van der Waals surface area contributed by atoms with E-state index in [1.165, 1.54) is 0 Å². The minimum atomic E-state index is -0.458. The van der Waals surface area contributed by atoms with E-state index in [1.54, 1.807) is 7.11 Å². The van der Waals surface area contributed by atoms with Crippen molar-refractivity contribution in [1.29, 1.82) is 0 Å². The number of carbonyl (C=O) groups is 1. The summed E-state index contributed by atoms with van der Waals surface area (Å²) in [5.74, 6) is 0.890. The summed E-state index contributed by atoms with van der Waals surface area (Å²) in [6.45, 7) is 4.63. The molecule has 0 aliphatic rings. The predicted octanol–water partition coefficient (Wildman–Crippen LogP) is 3.53. The summed E-state index contributed by atoms with van der Waals surface area (Å²) in [5.41, 5.74) is 0.876. The van der Waals surface area contributed by atoms with Crippen molar-refractivity contribution in [3.63, 3.8) is 0 Å². The number of rotatable bonds is 8. The van der Waals surface area contributed by atoms with Crippen molar-refractivity contribution in [3.8, 4) is 5.75 Å². The van der Waals surface area contributed by atoms with E-state index < -0.39 is 6.10 Å². The molecule has 3 heteroatoms. The molecular weight excluding hydrogens is 228 g/mol. The monoisotopic (exact) mass is 250 g/mol. The Bertz CT molecular complexity index is 374. The Hall–Kier alpha value is -1.35. The summed E-state index contributed by atoms with van der Waals surface area (Å²) in [7, 11) is 1.62. The van der Waals surface area contributed by atoms with E-state index in [1.807, 2.05) is 38.1 Å². The molecule has 0 amide bonds. The van der Waals surface area contributed by atoms with Gasteiger partial charge in [0.05, 0.1) is 7.11 Å². The van der Waals surface area contributed by atoms with Gasteiger partial charge in [-0.15, -0.1) is 0 Å². The smallest absolute Gasteiger partial charge is 0.166 e. The minimum absolute atomic E-state index is 0.138. The number of ether oxygens (including phenoxy) is 2. The molecule has 0 radical (unpaired) electrons. The molecular formula is C15H22O3. The summed E-state index contributed by atoms with van der Waals surface area (Å²) in [6.07, 6.45) is 1.83. The highest BCUT2D eigenvalue weighted by molar-refractivity contribution is 5.84. The van der Waals surface area contributed by atoms with Crippen LogP contribution >= 0.6 is 0 Å². The van der Waals surface area contributed by atoms with Gasteiger partial charge in [-0.05, 0) is 30.5 Å². The lowest BCUT2D eigenvalue weighted by atomic mass is 10.0. The molecule has 1 atom stereocenters. The quantitative estimate of drug-likeness (QED) is 0.708. The third kappa shape index (κ3) is 4.15. The second kappa shape index (κ2) is 7.88. The summed E-state index contributed by atoms with van der Waals surface area (Å²) in [4.78, 5) is 12.1. The van der Waals surface area contributed by atoms with Crippen molar-refractivity contribution in [2.24, 2.45) is 0 Å². The molecule has 1 unspecified atom stereocenters. The number of carbonyl (C=O) groups excluding carboxylic acids is 1. The molecule has 0 N–H and O–H groups in total. The van der Waals surface area contributed by atoms with Crippen LogP contribution in [0, 0.1) is 0 Å². The minimum Gasteiger partial charge on any atom is -0.497 e. The van der Waals surface area contributed by atoms with E-state index >= 15 is 0 Å². The number of hydrogen-bond acceptors (Lipinski definition) is 3. The number of Topliss-reactive ketones (excluding diaryl/α,β-unsaturated/α-hetero) is 1. The van der Waals surface area contributed by atoms with Gasteiger partial charge in [0.1, 0.15) is 11.9 Å². The molecule has 0 saturated heterocycles. The average molecular weight is 250 g/mol. The zero-order valence-corrected chi connectivity index (χ0v) is 11.4. The molecule has 0 aliphatic carbocycles. The average Bonchev–Trinajstić information content (AvgIpc) is 2.40. The van der Waals surface area contributed by atoms with Gasteiger partial charge in [-0.25, -0.2) is 0 Å². The van der Waals surface area contributed by atoms with Crippen molar-refractivity contribution >= 4 is 5.78 Å². The van der Waals surface area contributed by atoms with Crippen LogP contribution in [0.5, 0.6) is 5.75 Å². The Labute approximate surface area is 109 Å². The lowest BCUT2D eigenvalue weighted by Crippen LogP contribution is -2.16. The van der Waals surface area contributed by atoms with Crippen molar-refractivity contribution in [2.75, 3.05) is 13.7 Å². The molecule has 1 aromatic carbocycles. The highest BCUT2D eigenvalue weighted by Gasteiger charge is 2.20. The van der Waals surface area contributed by atoms with Crippen LogP contribution in [0.25, 0.3) is 0 Å². The molecule has 18 heavy (non-hydrogen) atoms. The Morgan fingerprint density at radius 2 is 2.06 bits per heavy atom. The fraction of sp³-hybridized carbons (Fsp3) is 0.533. The number of benzene rings is 1. The van der Waals surface area contributed by atoms with E-state index in [4.69, 9.17) is 9.47 Å². The van der Waals surface area contributed by atoms with Crippen LogP contribution in [0.1, 0.15) is 44.8 Å². The zero-order valence-electron chi connectivity index (χ0n) is 11.4. The Morgan fingerprint density at radius 3 is 2.67 bits per heavy atom. The number of ketones is 1. The predicted molar refractivity (Wildman–Crippen MR) is 71.9 cm³/mol. The van der Waals surface area contributed by atoms with Crippen LogP contribution in [-0.4, -0.2) is 19.5 Å². The number of hydrogen-bond donors (Lipinski definition) is 0. The van der Waals surface area contributed by atoms with Gasteiger partial charge in [-0.3, -0.25) is 4.79 Å². The van der Waals surface area contributed by atoms with Crippen molar-refractivity contribution in [3.05, 3.63) is 29.8 Å². The second-order valence-corrected chi connectivity index (χ2v) is 4.24. The van der Waals surface area contributed by atoms with E-state index in [0.29, 0.717) is 13.0 Å². The normalized spacial score (nSPS) is 12.2. The van der Waals surface area contributed by atoms with Gasteiger partial charge in [0.25, 0.3) is 0 Å². The van der Waals surface area contributed by atoms with E-state index in [2.05, 4.69) is 0 Å². The summed E-state index contributed by atoms with van der Waals surface area (Å²) in [5, 5.41) is 0. The molecule has 0 aliphatic heterocycles. The summed E-state index contributed by atoms with van der Waals surface area (Å²) >= 11 is 0.